The van der Waals surface area contributed by atoms with Gasteiger partial charge in [0.15, 0.2) is 6.10 Å². The molecule has 0 aliphatic carbocycles. The Morgan fingerprint density at radius 1 is 1.29 bits per heavy atom. The lowest BCUT2D eigenvalue weighted by Crippen LogP contribution is -2.43. The number of urea groups is 1. The Kier molecular flexibility index (Phi) is 8.08. The van der Waals surface area contributed by atoms with E-state index in [9.17, 15) is 9.59 Å². The second-order valence-corrected chi connectivity index (χ2v) is 3.75. The van der Waals surface area contributed by atoms with Gasteiger partial charge in [-0.2, -0.15) is 0 Å². The van der Waals surface area contributed by atoms with Gasteiger partial charge in [-0.3, -0.25) is 0 Å². The van der Waals surface area contributed by atoms with Crippen LogP contribution in [0.5, 0.6) is 0 Å². The molecule has 0 aliphatic heterocycles. The van der Waals surface area contributed by atoms with E-state index in [0.717, 1.165) is 12.8 Å². The summed E-state index contributed by atoms with van der Waals surface area (Å²) in [6.45, 7) is 0.352. The minimum atomic E-state index is -1.58. The van der Waals surface area contributed by atoms with Crippen LogP contribution in [0.2, 0.25) is 0 Å². The first-order valence-electron chi connectivity index (χ1n) is 5.49. The zero-order chi connectivity index (χ0) is 13.3. The second kappa shape index (κ2) is 8.77. The van der Waals surface area contributed by atoms with Gasteiger partial charge in [-0.25, -0.2) is 9.59 Å². The van der Waals surface area contributed by atoms with E-state index in [1.807, 2.05) is 0 Å². The molecule has 0 aliphatic rings. The van der Waals surface area contributed by atoms with Crippen LogP contribution >= 0.6 is 0 Å². The quantitative estimate of drug-likeness (QED) is 0.422. The molecule has 7 nitrogen and oxygen atoms in total. The highest BCUT2D eigenvalue weighted by atomic mass is 16.4. The Morgan fingerprint density at radius 2 is 1.94 bits per heavy atom. The molecule has 17 heavy (non-hydrogen) atoms. The zero-order valence-electron chi connectivity index (χ0n) is 9.93. The highest BCUT2D eigenvalue weighted by Gasteiger charge is 2.15. The topological polar surface area (TPSA) is 110 Å². The summed E-state index contributed by atoms with van der Waals surface area (Å²) >= 11 is 0. The first-order valence-corrected chi connectivity index (χ1v) is 5.49. The Morgan fingerprint density at radius 3 is 2.47 bits per heavy atom. The fourth-order valence-electron chi connectivity index (χ4n) is 1.15. The Bertz CT molecular complexity index is 247. The van der Waals surface area contributed by atoms with Gasteiger partial charge >= 0.3 is 12.0 Å². The van der Waals surface area contributed by atoms with Crippen LogP contribution in [-0.4, -0.2) is 65.1 Å². The predicted octanol–water partition coefficient (Wildman–Crippen LogP) is -0.764. The summed E-state index contributed by atoms with van der Waals surface area (Å²) in [5.41, 5.74) is 0. The van der Waals surface area contributed by atoms with Crippen LogP contribution in [0.4, 0.5) is 4.79 Å². The number of hydrogen-bond donors (Lipinski definition) is 4. The van der Waals surface area contributed by atoms with Crippen LogP contribution in [0, 0.1) is 0 Å². The molecule has 4 N–H and O–H groups in total. The summed E-state index contributed by atoms with van der Waals surface area (Å²) in [5.74, 6) is -1.36. The molecule has 0 spiro atoms. The maximum absolute atomic E-state index is 11.4. The number of nitrogens with zero attached hydrogens (tertiary/aromatic N) is 1. The van der Waals surface area contributed by atoms with Crippen molar-refractivity contribution in [1.82, 2.24) is 10.2 Å². The van der Waals surface area contributed by atoms with E-state index in [-0.39, 0.29) is 13.2 Å². The van der Waals surface area contributed by atoms with Crippen LogP contribution in [-0.2, 0) is 4.79 Å². The van der Waals surface area contributed by atoms with E-state index in [2.05, 4.69) is 5.32 Å². The molecule has 0 aromatic carbocycles. The fourth-order valence-corrected chi connectivity index (χ4v) is 1.15. The summed E-state index contributed by atoms with van der Waals surface area (Å²) in [4.78, 5) is 23.1. The highest BCUT2D eigenvalue weighted by molar-refractivity contribution is 5.76. The number of carbonyl (C=O) groups excluding carboxylic acids is 1. The molecule has 7 heteroatoms. The number of hydrogen-bond acceptors (Lipinski definition) is 4. The number of unbranched alkanes of at least 4 members (excludes halogenated alkanes) is 2. The molecule has 0 aromatic rings. The normalized spacial score (nSPS) is 11.9. The molecular weight excluding hydrogens is 228 g/mol. The van der Waals surface area contributed by atoms with Crippen molar-refractivity contribution < 1.29 is 24.9 Å². The molecule has 0 saturated carbocycles. The van der Waals surface area contributed by atoms with Crippen LogP contribution < -0.4 is 5.32 Å². The van der Waals surface area contributed by atoms with Crippen molar-refractivity contribution in [2.24, 2.45) is 0 Å². The monoisotopic (exact) mass is 248 g/mol. The largest absolute Gasteiger partial charge is 0.479 e. The summed E-state index contributed by atoms with van der Waals surface area (Å²) in [5, 5.41) is 28.2. The molecule has 0 saturated heterocycles. The molecule has 0 bridgehead atoms. The molecule has 0 aromatic heterocycles. The summed E-state index contributed by atoms with van der Waals surface area (Å²) < 4.78 is 0. The maximum atomic E-state index is 11.4. The Balaban J connectivity index is 3.70. The summed E-state index contributed by atoms with van der Waals surface area (Å²) in [7, 11) is 1.58. The second-order valence-electron chi connectivity index (χ2n) is 3.75. The standard InChI is InChI=1S/C10H20N2O5/c1-12(5-3-2-4-6-13)10(17)11-7-8(14)9(15)16/h8,13-14H,2-7H2,1H3,(H,11,17)(H,15,16)/t8-/m0/s1. The average Bonchev–Trinajstić information content (AvgIpc) is 2.30. The van der Waals surface area contributed by atoms with Gasteiger partial charge in [0, 0.05) is 20.2 Å². The average molecular weight is 248 g/mol. The number of aliphatic carboxylic acids is 1. The smallest absolute Gasteiger partial charge is 0.334 e. The summed E-state index contributed by atoms with van der Waals surface area (Å²) in [6.07, 6.45) is 0.715. The van der Waals surface area contributed by atoms with Crippen molar-refractivity contribution in [3.05, 3.63) is 0 Å². The van der Waals surface area contributed by atoms with Gasteiger partial charge in [-0.1, -0.05) is 0 Å². The fraction of sp³-hybridized carbons (Fsp3) is 0.800. The number of carboxylic acids is 1. The third kappa shape index (κ3) is 7.53. The van der Waals surface area contributed by atoms with E-state index in [1.165, 1.54) is 4.90 Å². The lowest BCUT2D eigenvalue weighted by molar-refractivity contribution is -0.146. The maximum Gasteiger partial charge on any atom is 0.334 e. The third-order valence-electron chi connectivity index (χ3n) is 2.23. The lowest BCUT2D eigenvalue weighted by Gasteiger charge is -2.18. The highest BCUT2D eigenvalue weighted by Crippen LogP contribution is 1.97. The minimum absolute atomic E-state index is 0.140. The predicted molar refractivity (Wildman–Crippen MR) is 60.6 cm³/mol. The number of rotatable bonds is 8. The number of aliphatic hydroxyl groups excluding tert-OH is 2. The van der Waals surface area contributed by atoms with Crippen LogP contribution in [0.25, 0.3) is 0 Å². The van der Waals surface area contributed by atoms with E-state index in [4.69, 9.17) is 15.3 Å². The van der Waals surface area contributed by atoms with E-state index in [1.54, 1.807) is 7.05 Å². The molecule has 2 amide bonds. The first-order chi connectivity index (χ1) is 7.99. The molecule has 100 valence electrons. The molecule has 0 fully saturated rings. The zero-order valence-corrected chi connectivity index (χ0v) is 9.93. The van der Waals surface area contributed by atoms with Gasteiger partial charge in [0.05, 0.1) is 6.54 Å². The molecular formula is C10H20N2O5. The van der Waals surface area contributed by atoms with Crippen molar-refractivity contribution in [3.8, 4) is 0 Å². The van der Waals surface area contributed by atoms with Crippen molar-refractivity contribution in [2.75, 3.05) is 26.7 Å². The molecule has 0 radical (unpaired) electrons. The summed E-state index contributed by atoms with van der Waals surface area (Å²) in [6, 6.07) is -0.422. The number of carboxylic acid groups (broad SMARTS) is 1. The van der Waals surface area contributed by atoms with Gasteiger partial charge in [0.25, 0.3) is 0 Å². The number of carbonyl (C=O) groups is 2. The Labute approximate surface area is 100 Å². The molecule has 0 heterocycles. The van der Waals surface area contributed by atoms with E-state index in [0.29, 0.717) is 13.0 Å². The Hall–Kier alpha value is -1.34. The van der Waals surface area contributed by atoms with E-state index >= 15 is 0 Å². The van der Waals surface area contributed by atoms with Gasteiger partial charge in [-0.15, -0.1) is 0 Å². The van der Waals surface area contributed by atoms with Crippen LogP contribution in [0.15, 0.2) is 0 Å². The van der Waals surface area contributed by atoms with Crippen LogP contribution in [0.3, 0.4) is 0 Å². The molecule has 0 rings (SSSR count). The number of nitrogens with one attached hydrogen (secondary N) is 1. The van der Waals surface area contributed by atoms with Crippen LogP contribution in [0.1, 0.15) is 19.3 Å². The minimum Gasteiger partial charge on any atom is -0.479 e. The molecule has 0 unspecified atom stereocenters. The van der Waals surface area contributed by atoms with Gasteiger partial charge in [0.1, 0.15) is 0 Å². The van der Waals surface area contributed by atoms with E-state index < -0.39 is 18.1 Å². The lowest BCUT2D eigenvalue weighted by atomic mass is 10.2. The SMILES string of the molecule is CN(CCCCCO)C(=O)NC[C@H](O)C(=O)O. The first kappa shape index (κ1) is 15.7. The number of aliphatic hydroxyl groups is 2. The van der Waals surface area contributed by atoms with Crippen molar-refractivity contribution >= 4 is 12.0 Å². The van der Waals surface area contributed by atoms with Crippen molar-refractivity contribution in [2.45, 2.75) is 25.4 Å². The van der Waals surface area contributed by atoms with Gasteiger partial charge < -0.3 is 25.5 Å². The van der Waals surface area contributed by atoms with Crippen molar-refractivity contribution in [3.63, 3.8) is 0 Å². The van der Waals surface area contributed by atoms with Gasteiger partial charge in [-0.05, 0) is 19.3 Å². The number of amides is 2. The molecule has 1 atom stereocenters. The van der Waals surface area contributed by atoms with Gasteiger partial charge in [0.2, 0.25) is 0 Å². The third-order valence-corrected chi connectivity index (χ3v) is 2.23. The van der Waals surface area contributed by atoms with Crippen molar-refractivity contribution in [1.29, 1.82) is 0 Å².